The van der Waals surface area contributed by atoms with Crippen molar-refractivity contribution in [2.24, 2.45) is 34.0 Å². The first-order valence-electron chi connectivity index (χ1n) is 14.8. The number of carbonyl (C=O) groups excluding carboxylic acids is 1. The van der Waals surface area contributed by atoms with E-state index < -0.39 is 0 Å². The maximum absolute atomic E-state index is 12.0. The topological polar surface area (TPSA) is 53.6 Å². The zero-order valence-electron chi connectivity index (χ0n) is 24.2. The van der Waals surface area contributed by atoms with Gasteiger partial charge < -0.3 is 20.3 Å². The summed E-state index contributed by atoms with van der Waals surface area (Å²) in [4.78, 5) is 14.8. The first-order chi connectivity index (χ1) is 16.4. The summed E-state index contributed by atoms with van der Waals surface area (Å²) in [7, 11) is 0. The monoisotopic (exact) mass is 491 g/mol. The quantitative estimate of drug-likeness (QED) is 0.424. The number of nitrogens with one attached hydrogen (secondary N) is 2. The van der Waals surface area contributed by atoms with E-state index in [0.29, 0.717) is 17.8 Å². The van der Waals surface area contributed by atoms with Crippen LogP contribution in [0.4, 0.5) is 0 Å². The fraction of sp³-hybridized carbons (Fsp3) is 0.967. The van der Waals surface area contributed by atoms with E-state index in [1.54, 1.807) is 0 Å². The Kier molecular flexibility index (Phi) is 10.1. The van der Waals surface area contributed by atoms with E-state index in [4.69, 9.17) is 4.74 Å². The van der Waals surface area contributed by atoms with Gasteiger partial charge in [0.15, 0.2) is 0 Å². The highest BCUT2D eigenvalue weighted by molar-refractivity contribution is 5.76. The summed E-state index contributed by atoms with van der Waals surface area (Å²) >= 11 is 0. The lowest BCUT2D eigenvalue weighted by atomic mass is 9.59. The Labute approximate surface area is 216 Å². The highest BCUT2D eigenvalue weighted by Crippen LogP contribution is 2.50. The molecule has 0 radical (unpaired) electrons. The number of morpholine rings is 1. The van der Waals surface area contributed by atoms with E-state index in [1.165, 1.54) is 58.2 Å². The standard InChI is InChI=1S/C30H57N3O2/c1-8-9-16-33-17-12-25(28(2,3)4)23(22-33)19-30(7,24-10-11-27(34)32-20-24)14-13-29(5,6)26-21-31-15-18-35-26/h23-26,31H,8-22H2,1-7H3,(H,32,34)/t23?,24?,25?,26?,30-/m0/s1. The van der Waals surface area contributed by atoms with Crippen molar-refractivity contribution in [2.45, 2.75) is 106 Å². The average molecular weight is 492 g/mol. The number of hydrogen-bond donors (Lipinski definition) is 2. The van der Waals surface area contributed by atoms with Crippen LogP contribution < -0.4 is 10.6 Å². The van der Waals surface area contributed by atoms with Gasteiger partial charge in [-0.3, -0.25) is 4.79 Å². The molecule has 3 rings (SSSR count). The van der Waals surface area contributed by atoms with Crippen molar-refractivity contribution in [3.8, 4) is 0 Å². The van der Waals surface area contributed by atoms with Gasteiger partial charge >= 0.3 is 0 Å². The molecule has 3 heterocycles. The van der Waals surface area contributed by atoms with E-state index in [0.717, 1.165) is 44.5 Å². The molecule has 0 aromatic carbocycles. The predicted octanol–water partition coefficient (Wildman–Crippen LogP) is 5.49. The number of amides is 1. The van der Waals surface area contributed by atoms with Crippen LogP contribution in [-0.4, -0.2) is 62.8 Å². The number of ether oxygens (including phenoxy) is 1. The Balaban J connectivity index is 1.79. The van der Waals surface area contributed by atoms with Crippen molar-refractivity contribution >= 4 is 5.91 Å². The van der Waals surface area contributed by atoms with Crippen LogP contribution in [0.25, 0.3) is 0 Å². The van der Waals surface area contributed by atoms with E-state index in [-0.39, 0.29) is 22.8 Å². The molecule has 5 heteroatoms. The molecule has 0 spiro atoms. The highest BCUT2D eigenvalue weighted by atomic mass is 16.5. The van der Waals surface area contributed by atoms with Crippen molar-refractivity contribution < 1.29 is 9.53 Å². The molecular formula is C30H57N3O2. The lowest BCUT2D eigenvalue weighted by Gasteiger charge is -2.50. The van der Waals surface area contributed by atoms with Crippen LogP contribution in [-0.2, 0) is 9.53 Å². The zero-order chi connectivity index (χ0) is 25.7. The summed E-state index contributed by atoms with van der Waals surface area (Å²) in [5, 5.41) is 6.77. The number of carbonyl (C=O) groups is 1. The minimum atomic E-state index is 0.149. The minimum Gasteiger partial charge on any atom is -0.375 e. The van der Waals surface area contributed by atoms with Gasteiger partial charge in [-0.2, -0.15) is 0 Å². The summed E-state index contributed by atoms with van der Waals surface area (Å²) in [5.74, 6) is 2.28. The smallest absolute Gasteiger partial charge is 0.220 e. The van der Waals surface area contributed by atoms with Crippen molar-refractivity contribution in [1.29, 1.82) is 0 Å². The summed E-state index contributed by atoms with van der Waals surface area (Å²) in [6.07, 6.45) is 9.58. The lowest BCUT2D eigenvalue weighted by Crippen LogP contribution is -2.50. The van der Waals surface area contributed by atoms with Crippen LogP contribution in [0.5, 0.6) is 0 Å². The van der Waals surface area contributed by atoms with Crippen molar-refractivity contribution in [3.05, 3.63) is 0 Å². The molecule has 5 nitrogen and oxygen atoms in total. The van der Waals surface area contributed by atoms with Gasteiger partial charge in [-0.25, -0.2) is 0 Å². The highest BCUT2D eigenvalue weighted by Gasteiger charge is 2.45. The van der Waals surface area contributed by atoms with Crippen molar-refractivity contribution in [3.63, 3.8) is 0 Å². The van der Waals surface area contributed by atoms with E-state index in [2.05, 4.69) is 64.0 Å². The van der Waals surface area contributed by atoms with E-state index >= 15 is 0 Å². The fourth-order valence-corrected chi connectivity index (χ4v) is 7.27. The number of piperidine rings is 2. The molecule has 0 saturated carbocycles. The Morgan fingerprint density at radius 2 is 1.83 bits per heavy atom. The Morgan fingerprint density at radius 3 is 2.43 bits per heavy atom. The molecule has 204 valence electrons. The molecule has 0 aromatic rings. The molecule has 35 heavy (non-hydrogen) atoms. The normalized spacial score (nSPS) is 31.1. The van der Waals surface area contributed by atoms with Crippen LogP contribution >= 0.6 is 0 Å². The maximum Gasteiger partial charge on any atom is 0.220 e. The molecule has 0 bridgehead atoms. The number of nitrogens with zero attached hydrogens (tertiary/aromatic N) is 1. The molecule has 3 saturated heterocycles. The number of hydrogen-bond acceptors (Lipinski definition) is 4. The molecule has 0 aromatic heterocycles. The number of rotatable bonds is 10. The lowest BCUT2D eigenvalue weighted by molar-refractivity contribution is -0.124. The van der Waals surface area contributed by atoms with Gasteiger partial charge in [0.05, 0.1) is 12.7 Å². The van der Waals surface area contributed by atoms with Crippen LogP contribution in [0, 0.1) is 34.0 Å². The van der Waals surface area contributed by atoms with Gasteiger partial charge in [-0.1, -0.05) is 54.9 Å². The predicted molar refractivity (Wildman–Crippen MR) is 146 cm³/mol. The van der Waals surface area contributed by atoms with E-state index in [1.807, 2.05) is 0 Å². The third-order valence-corrected chi connectivity index (χ3v) is 9.88. The maximum atomic E-state index is 12.0. The first-order valence-corrected chi connectivity index (χ1v) is 14.8. The molecule has 1 amide bonds. The molecule has 0 aliphatic carbocycles. The van der Waals surface area contributed by atoms with Crippen LogP contribution in [0.3, 0.4) is 0 Å². The molecule has 5 atom stereocenters. The van der Waals surface area contributed by atoms with Gasteiger partial charge in [-0.05, 0) is 85.6 Å². The largest absolute Gasteiger partial charge is 0.375 e. The summed E-state index contributed by atoms with van der Waals surface area (Å²) in [5.41, 5.74) is 0.717. The third kappa shape index (κ3) is 7.92. The van der Waals surface area contributed by atoms with Gasteiger partial charge in [0.2, 0.25) is 5.91 Å². The van der Waals surface area contributed by atoms with E-state index in [9.17, 15) is 4.79 Å². The minimum absolute atomic E-state index is 0.149. The number of unbranched alkanes of at least 4 members (excludes halogenated alkanes) is 1. The summed E-state index contributed by atoms with van der Waals surface area (Å²) < 4.78 is 6.20. The molecule has 3 aliphatic rings. The molecule has 3 aliphatic heterocycles. The van der Waals surface area contributed by atoms with Crippen molar-refractivity contribution in [1.82, 2.24) is 15.5 Å². The van der Waals surface area contributed by atoms with Gasteiger partial charge in [-0.15, -0.1) is 0 Å². The number of likely N-dealkylation sites (tertiary alicyclic amines) is 1. The van der Waals surface area contributed by atoms with Gasteiger partial charge in [0.1, 0.15) is 0 Å². The zero-order valence-corrected chi connectivity index (χ0v) is 24.2. The molecule has 4 unspecified atom stereocenters. The van der Waals surface area contributed by atoms with Crippen LogP contribution in [0.2, 0.25) is 0 Å². The fourth-order valence-electron chi connectivity index (χ4n) is 7.27. The summed E-state index contributed by atoms with van der Waals surface area (Å²) in [6, 6.07) is 0. The molecule has 3 fully saturated rings. The second-order valence-corrected chi connectivity index (χ2v) is 14.1. The van der Waals surface area contributed by atoms with Crippen molar-refractivity contribution in [2.75, 3.05) is 45.9 Å². The van der Waals surface area contributed by atoms with Crippen LogP contribution in [0.15, 0.2) is 0 Å². The average Bonchev–Trinajstić information content (AvgIpc) is 2.82. The molecule has 2 N–H and O–H groups in total. The Morgan fingerprint density at radius 1 is 1.06 bits per heavy atom. The third-order valence-electron chi connectivity index (χ3n) is 9.88. The SMILES string of the molecule is CCCCN1CCC(C(C)(C)C)C(C[C@](C)(CCC(C)(C)C2CNCCO2)C2CCC(=O)NC2)C1. The van der Waals surface area contributed by atoms with Gasteiger partial charge in [0, 0.05) is 32.6 Å². The first kappa shape index (κ1) is 28.9. The van der Waals surface area contributed by atoms with Crippen LogP contribution in [0.1, 0.15) is 99.8 Å². The second-order valence-electron chi connectivity index (χ2n) is 14.1. The van der Waals surface area contributed by atoms with Gasteiger partial charge in [0.25, 0.3) is 0 Å². The second kappa shape index (κ2) is 12.3. The summed E-state index contributed by atoms with van der Waals surface area (Å²) in [6.45, 7) is 24.4. The molecular weight excluding hydrogens is 434 g/mol. The Hall–Kier alpha value is -0.650. The Bertz CT molecular complexity index is 657.